The highest BCUT2D eigenvalue weighted by atomic mass is 16.6. The molecule has 3 rings (SSSR count). The number of benzene rings is 1. The average Bonchev–Trinajstić information content (AvgIpc) is 3.03. The third-order valence-corrected chi connectivity index (χ3v) is 4.27. The lowest BCUT2D eigenvalue weighted by Gasteiger charge is -2.30. The molecule has 0 unspecified atom stereocenters. The van der Waals surface area contributed by atoms with Crippen molar-refractivity contribution in [2.75, 3.05) is 19.7 Å². The van der Waals surface area contributed by atoms with Crippen molar-refractivity contribution >= 4 is 5.69 Å². The molecule has 1 saturated heterocycles. The molecule has 0 radical (unpaired) electrons. The fourth-order valence-corrected chi connectivity index (χ4v) is 3.11. The molecule has 1 aromatic carbocycles. The lowest BCUT2D eigenvalue weighted by atomic mass is 9.99. The van der Waals surface area contributed by atoms with Crippen molar-refractivity contribution in [3.05, 3.63) is 52.3 Å². The number of nitro groups is 1. The third-order valence-electron chi connectivity index (χ3n) is 4.27. The van der Waals surface area contributed by atoms with Gasteiger partial charge in [0, 0.05) is 19.2 Å². The second kappa shape index (κ2) is 6.93. The molecule has 0 aliphatic carbocycles. The van der Waals surface area contributed by atoms with Crippen molar-refractivity contribution in [1.29, 1.82) is 0 Å². The molecule has 1 atom stereocenters. The summed E-state index contributed by atoms with van der Waals surface area (Å²) in [5.74, 6) is 1.63. The van der Waals surface area contributed by atoms with Gasteiger partial charge in [0.05, 0.1) is 17.0 Å². The van der Waals surface area contributed by atoms with E-state index in [1.807, 2.05) is 6.07 Å². The first-order valence-electron chi connectivity index (χ1n) is 7.83. The van der Waals surface area contributed by atoms with Crippen LogP contribution in [0, 0.1) is 16.0 Å². The molecule has 0 bridgehead atoms. The SMILES string of the molecule is O=[N+]([O-])c1ccccc1-c1ccc(CN2CCC[C@@H](CO)C2)o1. The van der Waals surface area contributed by atoms with Crippen LogP contribution in [0.1, 0.15) is 18.6 Å². The van der Waals surface area contributed by atoms with Gasteiger partial charge in [-0.3, -0.25) is 15.0 Å². The van der Waals surface area contributed by atoms with E-state index in [-0.39, 0.29) is 12.3 Å². The summed E-state index contributed by atoms with van der Waals surface area (Å²) in [6, 6.07) is 10.2. The quantitative estimate of drug-likeness (QED) is 0.677. The van der Waals surface area contributed by atoms with Gasteiger partial charge in [0.2, 0.25) is 0 Å². The molecule has 0 amide bonds. The Labute approximate surface area is 134 Å². The fraction of sp³-hybridized carbons (Fsp3) is 0.412. The smallest absolute Gasteiger partial charge is 0.280 e. The average molecular weight is 316 g/mol. The van der Waals surface area contributed by atoms with Crippen molar-refractivity contribution in [1.82, 2.24) is 4.90 Å². The molecule has 0 spiro atoms. The molecule has 1 aromatic heterocycles. The van der Waals surface area contributed by atoms with E-state index in [0.717, 1.165) is 31.7 Å². The first kappa shape index (κ1) is 15.7. The van der Waals surface area contributed by atoms with E-state index in [9.17, 15) is 15.2 Å². The first-order chi connectivity index (χ1) is 11.2. The molecule has 6 nitrogen and oxygen atoms in total. The number of aliphatic hydroxyl groups excluding tert-OH is 1. The maximum atomic E-state index is 11.1. The highest BCUT2D eigenvalue weighted by Gasteiger charge is 2.21. The Balaban J connectivity index is 1.75. The summed E-state index contributed by atoms with van der Waals surface area (Å²) in [5, 5.41) is 20.4. The molecule has 1 aliphatic rings. The zero-order valence-electron chi connectivity index (χ0n) is 12.9. The summed E-state index contributed by atoms with van der Waals surface area (Å²) < 4.78 is 5.82. The number of rotatable bonds is 5. The molecule has 122 valence electrons. The number of nitrogens with zero attached hydrogens (tertiary/aromatic N) is 2. The number of para-hydroxylation sites is 1. The molecule has 2 heterocycles. The predicted octanol–water partition coefficient (Wildman–Crippen LogP) is 3.06. The molecule has 1 fully saturated rings. The van der Waals surface area contributed by atoms with Gasteiger partial charge in [0.25, 0.3) is 5.69 Å². The largest absolute Gasteiger partial charge is 0.459 e. The lowest BCUT2D eigenvalue weighted by Crippen LogP contribution is -2.36. The number of likely N-dealkylation sites (tertiary alicyclic amines) is 1. The Morgan fingerprint density at radius 3 is 2.91 bits per heavy atom. The predicted molar refractivity (Wildman–Crippen MR) is 85.9 cm³/mol. The Morgan fingerprint density at radius 2 is 2.13 bits per heavy atom. The van der Waals surface area contributed by atoms with Gasteiger partial charge in [0.15, 0.2) is 0 Å². The Hall–Kier alpha value is -2.18. The number of hydrogen-bond acceptors (Lipinski definition) is 5. The second-order valence-corrected chi connectivity index (χ2v) is 5.97. The maximum absolute atomic E-state index is 11.1. The number of piperidine rings is 1. The Morgan fingerprint density at radius 1 is 1.30 bits per heavy atom. The normalized spacial score (nSPS) is 18.9. The summed E-state index contributed by atoms with van der Waals surface area (Å²) in [6.45, 7) is 2.73. The number of nitro benzene ring substituents is 1. The zero-order chi connectivity index (χ0) is 16.2. The van der Waals surface area contributed by atoms with Crippen LogP contribution in [0.4, 0.5) is 5.69 Å². The van der Waals surface area contributed by atoms with Gasteiger partial charge in [0.1, 0.15) is 11.5 Å². The highest BCUT2D eigenvalue weighted by Crippen LogP contribution is 2.31. The topological polar surface area (TPSA) is 79.8 Å². The van der Waals surface area contributed by atoms with Crippen LogP contribution < -0.4 is 0 Å². The molecule has 6 heteroatoms. The summed E-state index contributed by atoms with van der Waals surface area (Å²) in [6.07, 6.45) is 2.13. The molecule has 23 heavy (non-hydrogen) atoms. The van der Waals surface area contributed by atoms with Crippen molar-refractivity contribution in [2.24, 2.45) is 5.92 Å². The third kappa shape index (κ3) is 3.60. The first-order valence-corrected chi connectivity index (χ1v) is 7.83. The number of hydrogen-bond donors (Lipinski definition) is 1. The zero-order valence-corrected chi connectivity index (χ0v) is 12.9. The monoisotopic (exact) mass is 316 g/mol. The van der Waals surface area contributed by atoms with Crippen LogP contribution in [0.15, 0.2) is 40.8 Å². The van der Waals surface area contributed by atoms with E-state index in [4.69, 9.17) is 4.42 Å². The van der Waals surface area contributed by atoms with E-state index in [0.29, 0.717) is 23.8 Å². The van der Waals surface area contributed by atoms with Crippen molar-refractivity contribution in [3.8, 4) is 11.3 Å². The van der Waals surface area contributed by atoms with E-state index >= 15 is 0 Å². The highest BCUT2D eigenvalue weighted by molar-refractivity contribution is 5.69. The van der Waals surface area contributed by atoms with Crippen LogP contribution in [0.2, 0.25) is 0 Å². The van der Waals surface area contributed by atoms with E-state index in [2.05, 4.69) is 4.90 Å². The minimum absolute atomic E-state index is 0.0479. The minimum Gasteiger partial charge on any atom is -0.459 e. The van der Waals surface area contributed by atoms with Gasteiger partial charge < -0.3 is 9.52 Å². The molecular weight excluding hydrogens is 296 g/mol. The standard InChI is InChI=1S/C17H20N2O4/c20-12-13-4-3-9-18(10-13)11-14-7-8-17(23-14)15-5-1-2-6-16(15)19(21)22/h1-2,5-8,13,20H,3-4,9-12H2/t13-/m1/s1. The number of furan rings is 1. The van der Waals surface area contributed by atoms with Crippen LogP contribution in [0.25, 0.3) is 11.3 Å². The molecule has 2 aromatic rings. The summed E-state index contributed by atoms with van der Waals surface area (Å²) in [4.78, 5) is 13.0. The second-order valence-electron chi connectivity index (χ2n) is 5.97. The summed E-state index contributed by atoms with van der Waals surface area (Å²) >= 11 is 0. The van der Waals surface area contributed by atoms with Gasteiger partial charge in [-0.05, 0) is 43.5 Å². The van der Waals surface area contributed by atoms with Gasteiger partial charge in [-0.25, -0.2) is 0 Å². The molecule has 1 N–H and O–H groups in total. The fourth-order valence-electron chi connectivity index (χ4n) is 3.11. The van der Waals surface area contributed by atoms with Gasteiger partial charge in [-0.2, -0.15) is 0 Å². The summed E-state index contributed by atoms with van der Waals surface area (Å²) in [7, 11) is 0. The Kier molecular flexibility index (Phi) is 4.73. The molecule has 0 saturated carbocycles. The van der Waals surface area contributed by atoms with Crippen LogP contribution >= 0.6 is 0 Å². The van der Waals surface area contributed by atoms with Gasteiger partial charge in [-0.15, -0.1) is 0 Å². The van der Waals surface area contributed by atoms with Crippen LogP contribution in [-0.4, -0.2) is 34.6 Å². The van der Waals surface area contributed by atoms with Crippen molar-refractivity contribution < 1.29 is 14.4 Å². The lowest BCUT2D eigenvalue weighted by molar-refractivity contribution is -0.384. The van der Waals surface area contributed by atoms with E-state index in [1.165, 1.54) is 6.07 Å². The van der Waals surface area contributed by atoms with Crippen LogP contribution in [0.3, 0.4) is 0 Å². The van der Waals surface area contributed by atoms with Crippen LogP contribution in [-0.2, 0) is 6.54 Å². The molecular formula is C17H20N2O4. The minimum atomic E-state index is -0.395. The van der Waals surface area contributed by atoms with E-state index < -0.39 is 4.92 Å². The van der Waals surface area contributed by atoms with Crippen molar-refractivity contribution in [3.63, 3.8) is 0 Å². The van der Waals surface area contributed by atoms with Crippen molar-refractivity contribution in [2.45, 2.75) is 19.4 Å². The maximum Gasteiger partial charge on any atom is 0.280 e. The van der Waals surface area contributed by atoms with Gasteiger partial charge in [-0.1, -0.05) is 12.1 Å². The van der Waals surface area contributed by atoms with E-state index in [1.54, 1.807) is 24.3 Å². The summed E-state index contributed by atoms with van der Waals surface area (Å²) in [5.41, 5.74) is 0.544. The Bertz CT molecular complexity index is 683. The number of aliphatic hydroxyl groups is 1. The van der Waals surface area contributed by atoms with Crippen LogP contribution in [0.5, 0.6) is 0 Å². The van der Waals surface area contributed by atoms with Gasteiger partial charge >= 0.3 is 0 Å². The molecule has 1 aliphatic heterocycles.